The molecular formula is C24H26N2O6S2. The van der Waals surface area contributed by atoms with Crippen LogP contribution >= 0.6 is 0 Å². The topological polar surface area (TPSA) is 102 Å². The molecule has 1 N–H and O–H groups in total. The molecule has 0 amide bonds. The largest absolute Gasteiger partial charge is 0.495 e. The molecule has 0 saturated carbocycles. The van der Waals surface area contributed by atoms with Crippen LogP contribution in [0.4, 0.5) is 5.69 Å². The van der Waals surface area contributed by atoms with Gasteiger partial charge < -0.3 is 9.47 Å². The van der Waals surface area contributed by atoms with E-state index in [1.165, 1.54) is 41.7 Å². The predicted octanol–water partition coefficient (Wildman–Crippen LogP) is 4.46. The van der Waals surface area contributed by atoms with Crippen molar-refractivity contribution in [2.45, 2.75) is 29.1 Å². The summed E-state index contributed by atoms with van der Waals surface area (Å²) in [5.41, 5.74) is 0.0465. The van der Waals surface area contributed by atoms with Gasteiger partial charge in [-0.3, -0.25) is 4.72 Å². The lowest BCUT2D eigenvalue weighted by molar-refractivity contribution is 0.346. The van der Waals surface area contributed by atoms with Crippen LogP contribution in [0.5, 0.6) is 17.2 Å². The lowest BCUT2D eigenvalue weighted by Crippen LogP contribution is -2.35. The van der Waals surface area contributed by atoms with E-state index >= 15 is 0 Å². The van der Waals surface area contributed by atoms with Crippen molar-refractivity contribution in [2.75, 3.05) is 24.9 Å². The Labute approximate surface area is 200 Å². The molecule has 1 aliphatic heterocycles. The van der Waals surface area contributed by atoms with Crippen molar-refractivity contribution in [3.8, 4) is 17.2 Å². The second-order valence-electron chi connectivity index (χ2n) is 7.82. The number of benzene rings is 3. The lowest BCUT2D eigenvalue weighted by atomic mass is 10.2. The normalized spacial score (nSPS) is 15.0. The Morgan fingerprint density at radius 1 is 0.765 bits per heavy atom. The number of hydrogen-bond donors (Lipinski definition) is 1. The molecule has 8 nitrogen and oxygen atoms in total. The van der Waals surface area contributed by atoms with Crippen LogP contribution in [-0.4, -0.2) is 41.3 Å². The third kappa shape index (κ3) is 5.35. The molecule has 0 atom stereocenters. The second-order valence-corrected chi connectivity index (χ2v) is 11.4. The third-order valence-electron chi connectivity index (χ3n) is 5.48. The molecule has 10 heteroatoms. The summed E-state index contributed by atoms with van der Waals surface area (Å²) >= 11 is 0. The smallest absolute Gasteiger partial charge is 0.262 e. The summed E-state index contributed by atoms with van der Waals surface area (Å²) in [4.78, 5) is 0.0127. The zero-order valence-corrected chi connectivity index (χ0v) is 20.3. The average molecular weight is 503 g/mol. The van der Waals surface area contributed by atoms with Crippen LogP contribution in [0.2, 0.25) is 0 Å². The number of hydrogen-bond acceptors (Lipinski definition) is 6. The van der Waals surface area contributed by atoms with Gasteiger partial charge in [0.1, 0.15) is 17.2 Å². The Kier molecular flexibility index (Phi) is 7.11. The van der Waals surface area contributed by atoms with E-state index in [0.717, 1.165) is 19.3 Å². The lowest BCUT2D eigenvalue weighted by Gasteiger charge is -2.26. The maximum absolute atomic E-state index is 13.1. The number of nitrogens with zero attached hydrogens (tertiary/aromatic N) is 1. The number of ether oxygens (including phenoxy) is 2. The van der Waals surface area contributed by atoms with Gasteiger partial charge in [0.25, 0.3) is 10.0 Å². The van der Waals surface area contributed by atoms with E-state index in [2.05, 4.69) is 4.72 Å². The van der Waals surface area contributed by atoms with Gasteiger partial charge in [-0.2, -0.15) is 4.31 Å². The highest BCUT2D eigenvalue weighted by Gasteiger charge is 2.27. The fraction of sp³-hybridized carbons (Fsp3) is 0.250. The predicted molar refractivity (Wildman–Crippen MR) is 129 cm³/mol. The highest BCUT2D eigenvalue weighted by atomic mass is 32.2. The summed E-state index contributed by atoms with van der Waals surface area (Å²) in [5, 5.41) is 0. The van der Waals surface area contributed by atoms with Crippen molar-refractivity contribution < 1.29 is 26.3 Å². The Morgan fingerprint density at radius 2 is 1.38 bits per heavy atom. The van der Waals surface area contributed by atoms with Crippen LogP contribution in [-0.2, 0) is 20.0 Å². The summed E-state index contributed by atoms with van der Waals surface area (Å²) in [6.07, 6.45) is 2.60. The minimum absolute atomic E-state index is 0.000689. The van der Waals surface area contributed by atoms with Gasteiger partial charge in [0.2, 0.25) is 10.0 Å². The van der Waals surface area contributed by atoms with Crippen molar-refractivity contribution in [3.63, 3.8) is 0 Å². The van der Waals surface area contributed by atoms with E-state index < -0.39 is 20.0 Å². The SMILES string of the molecule is COc1ccc(S(=O)(=O)N2CCCCC2)cc1NS(=O)(=O)c1ccc(Oc2ccccc2)cc1. The molecule has 0 bridgehead atoms. The summed E-state index contributed by atoms with van der Waals surface area (Å²) in [7, 11) is -6.36. The first-order valence-electron chi connectivity index (χ1n) is 10.8. The molecule has 1 aliphatic rings. The molecule has 0 unspecified atom stereocenters. The Bertz CT molecular complexity index is 1340. The third-order valence-corrected chi connectivity index (χ3v) is 8.76. The van der Waals surface area contributed by atoms with Crippen LogP contribution < -0.4 is 14.2 Å². The molecule has 180 valence electrons. The highest BCUT2D eigenvalue weighted by Crippen LogP contribution is 2.32. The molecule has 1 heterocycles. The van der Waals surface area contributed by atoms with E-state index in [4.69, 9.17) is 9.47 Å². The van der Waals surface area contributed by atoms with E-state index in [9.17, 15) is 16.8 Å². The monoisotopic (exact) mass is 502 g/mol. The molecule has 0 aliphatic carbocycles. The van der Waals surface area contributed by atoms with Crippen molar-refractivity contribution in [2.24, 2.45) is 0 Å². The number of para-hydroxylation sites is 1. The van der Waals surface area contributed by atoms with E-state index in [1.807, 2.05) is 18.2 Å². The molecule has 3 aromatic rings. The Hall–Kier alpha value is -3.08. The molecule has 1 fully saturated rings. The Morgan fingerprint density at radius 3 is 2.03 bits per heavy atom. The summed E-state index contributed by atoms with van der Waals surface area (Å²) in [6, 6.07) is 19.3. The van der Waals surface area contributed by atoms with Crippen LogP contribution in [0.25, 0.3) is 0 Å². The van der Waals surface area contributed by atoms with Gasteiger partial charge in [0.05, 0.1) is 22.6 Å². The van der Waals surface area contributed by atoms with Gasteiger partial charge in [-0.1, -0.05) is 24.6 Å². The molecule has 3 aromatic carbocycles. The van der Waals surface area contributed by atoms with Crippen LogP contribution in [0.15, 0.2) is 82.6 Å². The molecule has 34 heavy (non-hydrogen) atoms. The van der Waals surface area contributed by atoms with Crippen molar-refractivity contribution in [1.29, 1.82) is 0 Å². The fourth-order valence-electron chi connectivity index (χ4n) is 3.70. The van der Waals surface area contributed by atoms with Gasteiger partial charge in [-0.25, -0.2) is 16.8 Å². The highest BCUT2D eigenvalue weighted by molar-refractivity contribution is 7.92. The molecule has 4 rings (SSSR count). The summed E-state index contributed by atoms with van der Waals surface area (Å²) in [6.45, 7) is 0.902. The summed E-state index contributed by atoms with van der Waals surface area (Å²) in [5.74, 6) is 1.33. The van der Waals surface area contributed by atoms with Gasteiger partial charge in [-0.15, -0.1) is 0 Å². The quantitative estimate of drug-likeness (QED) is 0.488. The standard InChI is InChI=1S/C24H26N2O6S2/c1-31-24-15-14-22(34(29,30)26-16-6-3-7-17-26)18-23(24)25-33(27,28)21-12-10-20(11-13-21)32-19-8-4-2-5-9-19/h2,4-5,8-15,18,25H,3,6-7,16-17H2,1H3. The number of anilines is 1. The second kappa shape index (κ2) is 10.0. The number of sulfonamides is 2. The van der Waals surface area contributed by atoms with Crippen LogP contribution in [0, 0.1) is 0 Å². The summed E-state index contributed by atoms with van der Waals surface area (Å²) < 4.78 is 67.1. The number of methoxy groups -OCH3 is 1. The zero-order chi connectivity index (χ0) is 24.2. The first-order chi connectivity index (χ1) is 16.3. The minimum atomic E-state index is -4.02. The first kappa shape index (κ1) is 24.1. The van der Waals surface area contributed by atoms with Crippen molar-refractivity contribution >= 4 is 25.7 Å². The van der Waals surface area contributed by atoms with Gasteiger partial charge >= 0.3 is 0 Å². The average Bonchev–Trinajstić information content (AvgIpc) is 2.85. The van der Waals surface area contributed by atoms with Crippen molar-refractivity contribution in [1.82, 2.24) is 4.31 Å². The maximum atomic E-state index is 13.1. The van der Waals surface area contributed by atoms with Crippen LogP contribution in [0.3, 0.4) is 0 Å². The number of piperidine rings is 1. The molecular weight excluding hydrogens is 476 g/mol. The van der Waals surface area contributed by atoms with Crippen LogP contribution in [0.1, 0.15) is 19.3 Å². The van der Waals surface area contributed by atoms with Gasteiger partial charge in [0.15, 0.2) is 0 Å². The van der Waals surface area contributed by atoms with E-state index in [-0.39, 0.29) is 21.2 Å². The Balaban J connectivity index is 1.57. The van der Waals surface area contributed by atoms with Gasteiger partial charge in [-0.05, 0) is 67.4 Å². The van der Waals surface area contributed by atoms with E-state index in [0.29, 0.717) is 24.6 Å². The van der Waals surface area contributed by atoms with Gasteiger partial charge in [0, 0.05) is 13.1 Å². The molecule has 0 spiro atoms. The van der Waals surface area contributed by atoms with E-state index in [1.54, 1.807) is 24.3 Å². The molecule has 0 aromatic heterocycles. The minimum Gasteiger partial charge on any atom is -0.495 e. The zero-order valence-electron chi connectivity index (χ0n) is 18.7. The number of nitrogens with one attached hydrogen (secondary N) is 1. The van der Waals surface area contributed by atoms with Crippen molar-refractivity contribution in [3.05, 3.63) is 72.8 Å². The molecule has 0 radical (unpaired) electrons. The maximum Gasteiger partial charge on any atom is 0.262 e. The number of rotatable bonds is 8. The molecule has 1 saturated heterocycles. The fourth-order valence-corrected chi connectivity index (χ4v) is 6.30. The first-order valence-corrected chi connectivity index (χ1v) is 13.8.